The predicted octanol–water partition coefficient (Wildman–Crippen LogP) is 3.39. The van der Waals surface area contributed by atoms with E-state index in [2.05, 4.69) is 10.6 Å². The Balaban J connectivity index is 1.82. The van der Waals surface area contributed by atoms with Gasteiger partial charge < -0.3 is 10.6 Å². The first-order chi connectivity index (χ1) is 9.19. The normalized spacial score (nSPS) is 18.5. The zero-order valence-electron chi connectivity index (χ0n) is 11.0. The molecule has 2 rings (SSSR count). The summed E-state index contributed by atoms with van der Waals surface area (Å²) in [7, 11) is 0. The zero-order valence-corrected chi connectivity index (χ0v) is 12.6. The van der Waals surface area contributed by atoms with Crippen LogP contribution in [-0.4, -0.2) is 25.3 Å². The molecule has 1 aliphatic rings. The van der Waals surface area contributed by atoms with Gasteiger partial charge in [0.25, 0.3) is 0 Å². The maximum Gasteiger partial charge on any atom is 0.224 e. The van der Waals surface area contributed by atoms with E-state index in [-0.39, 0.29) is 5.91 Å². The monoisotopic (exact) mass is 298 g/mol. The highest BCUT2D eigenvalue weighted by Gasteiger charge is 2.15. The van der Waals surface area contributed by atoms with E-state index < -0.39 is 0 Å². The first-order valence-electron chi connectivity index (χ1n) is 6.53. The minimum atomic E-state index is 0.0693. The number of amides is 1. The van der Waals surface area contributed by atoms with Crippen LogP contribution < -0.4 is 10.6 Å². The molecule has 2 N–H and O–H groups in total. The van der Waals surface area contributed by atoms with Crippen molar-refractivity contribution < 1.29 is 4.79 Å². The molecule has 0 aromatic heterocycles. The molecule has 1 aliphatic heterocycles. The predicted molar refractivity (Wildman–Crippen MR) is 82.1 cm³/mol. The van der Waals surface area contributed by atoms with Crippen molar-refractivity contribution in [1.29, 1.82) is 0 Å². The lowest BCUT2D eigenvalue weighted by molar-refractivity contribution is -0.116. The lowest BCUT2D eigenvalue weighted by atomic mass is 10.0. The summed E-state index contributed by atoms with van der Waals surface area (Å²) >= 11 is 7.71. The fourth-order valence-electron chi connectivity index (χ4n) is 2.26. The summed E-state index contributed by atoms with van der Waals surface area (Å²) in [5, 5.41) is 6.90. The molecule has 0 saturated carbocycles. The number of carbonyl (C=O) groups excluding carboxylic acids is 1. The Hall–Kier alpha value is -0.710. The molecule has 1 heterocycles. The number of nitrogens with one attached hydrogen (secondary N) is 2. The van der Waals surface area contributed by atoms with Crippen molar-refractivity contribution in [2.24, 2.45) is 5.92 Å². The van der Waals surface area contributed by atoms with Gasteiger partial charge in [-0.1, -0.05) is 11.6 Å². The van der Waals surface area contributed by atoms with Crippen LogP contribution in [0.5, 0.6) is 0 Å². The van der Waals surface area contributed by atoms with Crippen LogP contribution in [0.2, 0.25) is 5.02 Å². The average molecular weight is 299 g/mol. The quantitative estimate of drug-likeness (QED) is 0.819. The maximum absolute atomic E-state index is 11.9. The lowest BCUT2D eigenvalue weighted by Crippen LogP contribution is -2.15. The molecule has 1 amide bonds. The zero-order chi connectivity index (χ0) is 13.7. The van der Waals surface area contributed by atoms with Gasteiger partial charge in [0.15, 0.2) is 0 Å². The van der Waals surface area contributed by atoms with Crippen molar-refractivity contribution in [2.75, 3.05) is 24.7 Å². The fraction of sp³-hybridized carbons (Fsp3) is 0.500. The van der Waals surface area contributed by atoms with E-state index in [0.29, 0.717) is 17.4 Å². The van der Waals surface area contributed by atoms with Crippen LogP contribution in [0.25, 0.3) is 0 Å². The second-order valence-corrected chi connectivity index (χ2v) is 6.05. The van der Waals surface area contributed by atoms with Gasteiger partial charge in [-0.3, -0.25) is 4.79 Å². The van der Waals surface area contributed by atoms with E-state index in [9.17, 15) is 4.79 Å². The molecule has 1 aromatic carbocycles. The largest absolute Gasteiger partial charge is 0.326 e. The van der Waals surface area contributed by atoms with Gasteiger partial charge in [0.1, 0.15) is 0 Å². The molecule has 1 aromatic rings. The van der Waals surface area contributed by atoms with Crippen LogP contribution in [0.3, 0.4) is 0 Å². The van der Waals surface area contributed by atoms with Gasteiger partial charge >= 0.3 is 0 Å². The highest BCUT2D eigenvalue weighted by molar-refractivity contribution is 7.98. The number of rotatable bonds is 5. The molecule has 0 radical (unpaired) electrons. The van der Waals surface area contributed by atoms with Gasteiger partial charge in [-0.05, 0) is 56.3 Å². The van der Waals surface area contributed by atoms with E-state index >= 15 is 0 Å². The third-order valence-electron chi connectivity index (χ3n) is 3.38. The molecule has 1 saturated heterocycles. The molecule has 1 fully saturated rings. The van der Waals surface area contributed by atoms with Gasteiger partial charge in [0.2, 0.25) is 5.91 Å². The number of carbonyl (C=O) groups is 1. The lowest BCUT2D eigenvalue weighted by Gasteiger charge is -2.09. The molecule has 104 valence electrons. The van der Waals surface area contributed by atoms with E-state index in [4.69, 9.17) is 11.6 Å². The number of hydrogen-bond donors (Lipinski definition) is 2. The molecule has 0 spiro atoms. The van der Waals surface area contributed by atoms with Crippen LogP contribution in [-0.2, 0) is 4.79 Å². The number of thioether (sulfide) groups is 1. The SMILES string of the molecule is CSc1ccc(NC(=O)CCC2CCNC2)cc1Cl. The van der Waals surface area contributed by atoms with Gasteiger partial charge in [-0.25, -0.2) is 0 Å². The van der Waals surface area contributed by atoms with Crippen LogP contribution in [0.4, 0.5) is 5.69 Å². The smallest absolute Gasteiger partial charge is 0.224 e. The summed E-state index contributed by atoms with van der Waals surface area (Å²) in [6, 6.07) is 5.64. The Morgan fingerprint density at radius 2 is 2.42 bits per heavy atom. The van der Waals surface area contributed by atoms with Gasteiger partial charge in [-0.2, -0.15) is 0 Å². The standard InChI is InChI=1S/C14H19ClN2OS/c1-19-13-4-3-11(8-12(13)15)17-14(18)5-2-10-6-7-16-9-10/h3-4,8,10,16H,2,5-7,9H2,1H3,(H,17,18). The van der Waals surface area contributed by atoms with Crippen LogP contribution in [0.15, 0.2) is 23.1 Å². The minimum absolute atomic E-state index is 0.0693. The molecule has 1 unspecified atom stereocenters. The van der Waals surface area contributed by atoms with Crippen LogP contribution in [0.1, 0.15) is 19.3 Å². The number of hydrogen-bond acceptors (Lipinski definition) is 3. The van der Waals surface area contributed by atoms with Crippen molar-refractivity contribution in [3.63, 3.8) is 0 Å². The summed E-state index contributed by atoms with van der Waals surface area (Å²) in [5.41, 5.74) is 0.775. The molecular formula is C14H19ClN2OS. The third-order valence-corrected chi connectivity index (χ3v) is 4.60. The van der Waals surface area contributed by atoms with Crippen LogP contribution in [0, 0.1) is 5.92 Å². The summed E-state index contributed by atoms with van der Waals surface area (Å²) < 4.78 is 0. The van der Waals surface area contributed by atoms with Crippen molar-refractivity contribution in [3.8, 4) is 0 Å². The van der Waals surface area contributed by atoms with E-state index in [1.165, 1.54) is 6.42 Å². The summed E-state index contributed by atoms with van der Waals surface area (Å²) in [6.45, 7) is 2.12. The van der Waals surface area contributed by atoms with E-state index in [1.54, 1.807) is 11.8 Å². The van der Waals surface area contributed by atoms with Crippen molar-refractivity contribution in [3.05, 3.63) is 23.2 Å². The molecule has 1 atom stereocenters. The highest BCUT2D eigenvalue weighted by Crippen LogP contribution is 2.28. The maximum atomic E-state index is 11.9. The topological polar surface area (TPSA) is 41.1 Å². The minimum Gasteiger partial charge on any atom is -0.326 e. The molecule has 3 nitrogen and oxygen atoms in total. The Morgan fingerprint density at radius 3 is 3.05 bits per heavy atom. The number of halogens is 1. The Labute approximate surface area is 123 Å². The van der Waals surface area contributed by atoms with Crippen LogP contribution >= 0.6 is 23.4 Å². The van der Waals surface area contributed by atoms with E-state index in [1.807, 2.05) is 24.5 Å². The Bertz CT molecular complexity index is 447. The summed E-state index contributed by atoms with van der Waals surface area (Å²) in [4.78, 5) is 12.9. The molecule has 19 heavy (non-hydrogen) atoms. The van der Waals surface area contributed by atoms with Crippen molar-refractivity contribution >= 4 is 35.0 Å². The second-order valence-electron chi connectivity index (χ2n) is 4.80. The first kappa shape index (κ1) is 14.7. The number of anilines is 1. The average Bonchev–Trinajstić information content (AvgIpc) is 2.90. The van der Waals surface area contributed by atoms with Gasteiger partial charge in [0, 0.05) is 17.0 Å². The van der Waals surface area contributed by atoms with Crippen molar-refractivity contribution in [2.45, 2.75) is 24.2 Å². The molecule has 0 bridgehead atoms. The number of benzene rings is 1. The summed E-state index contributed by atoms with van der Waals surface area (Å²) in [5.74, 6) is 0.716. The van der Waals surface area contributed by atoms with Crippen molar-refractivity contribution in [1.82, 2.24) is 5.32 Å². The van der Waals surface area contributed by atoms with E-state index in [0.717, 1.165) is 30.1 Å². The second kappa shape index (κ2) is 7.17. The van der Waals surface area contributed by atoms with Gasteiger partial charge in [0.05, 0.1) is 5.02 Å². The molecule has 5 heteroatoms. The molecular weight excluding hydrogens is 280 g/mol. The third kappa shape index (κ3) is 4.41. The first-order valence-corrected chi connectivity index (χ1v) is 8.13. The fourth-order valence-corrected chi connectivity index (χ4v) is 3.13. The highest BCUT2D eigenvalue weighted by atomic mass is 35.5. The van der Waals surface area contributed by atoms with Gasteiger partial charge in [-0.15, -0.1) is 11.8 Å². The molecule has 0 aliphatic carbocycles. The Kier molecular flexibility index (Phi) is 5.55. The summed E-state index contributed by atoms with van der Waals surface area (Å²) in [6.07, 6.45) is 4.69. The Morgan fingerprint density at radius 1 is 1.58 bits per heavy atom.